The zero-order valence-electron chi connectivity index (χ0n) is 18.5. The molecule has 4 rings (SSSR count). The monoisotopic (exact) mass is 432 g/mol. The van der Waals surface area contributed by atoms with Gasteiger partial charge < -0.3 is 14.9 Å². The van der Waals surface area contributed by atoms with Crippen molar-refractivity contribution >= 4 is 11.4 Å². The largest absolute Gasteiger partial charge is 0.492 e. The number of Topliss-reactive ketones (excluding diaryl/α,β-unsaturated/α-hetero) is 1. The second-order valence-electron chi connectivity index (χ2n) is 8.81. The number of aliphatic hydroxyl groups excluding tert-OH is 2. The Labute approximate surface area is 188 Å². The highest BCUT2D eigenvalue weighted by molar-refractivity contribution is 6.33. The summed E-state index contributed by atoms with van der Waals surface area (Å²) in [6.45, 7) is 6.32. The Kier molecular flexibility index (Phi) is 6.16. The fraction of sp³-hybridized carbons (Fsp3) is 0.385. The smallest absolute Gasteiger partial charge is 0.193 e. The summed E-state index contributed by atoms with van der Waals surface area (Å²) >= 11 is 0. The second-order valence-corrected chi connectivity index (χ2v) is 8.81. The second kappa shape index (κ2) is 8.87. The average molecular weight is 433 g/mol. The molecule has 32 heavy (non-hydrogen) atoms. The van der Waals surface area contributed by atoms with E-state index in [1.807, 2.05) is 35.2 Å². The molecule has 0 saturated carbocycles. The van der Waals surface area contributed by atoms with Crippen molar-refractivity contribution in [3.63, 3.8) is 0 Å². The third-order valence-electron chi connectivity index (χ3n) is 6.57. The predicted molar refractivity (Wildman–Crippen MR) is 122 cm³/mol. The van der Waals surface area contributed by atoms with E-state index in [1.54, 1.807) is 6.07 Å². The van der Waals surface area contributed by atoms with Crippen molar-refractivity contribution in [3.8, 4) is 11.8 Å². The number of ether oxygens (including phenoxy) is 1. The van der Waals surface area contributed by atoms with Gasteiger partial charge in [0.15, 0.2) is 5.78 Å². The standard InChI is InChI=1S/C26H28N2O4/c1-26(2)22-15-19(32-12-9-28(7-10-29)8-11-30)4-6-21(22)25(31)24-20-5-3-17(16-27)13-18(20)14-23(24)26/h3-6,13,15,29-30H,7-12,14H2,1-2H3. The molecule has 0 amide bonds. The third kappa shape index (κ3) is 3.84. The van der Waals surface area contributed by atoms with Crippen LogP contribution in [0.4, 0.5) is 0 Å². The van der Waals surface area contributed by atoms with E-state index in [1.165, 1.54) is 0 Å². The molecule has 0 fully saturated rings. The summed E-state index contributed by atoms with van der Waals surface area (Å²) in [5.41, 5.74) is 5.76. The lowest BCUT2D eigenvalue weighted by atomic mass is 9.68. The normalized spacial score (nSPS) is 15.9. The molecule has 6 heteroatoms. The molecular weight excluding hydrogens is 404 g/mol. The molecule has 2 aliphatic carbocycles. The average Bonchev–Trinajstić information content (AvgIpc) is 3.18. The summed E-state index contributed by atoms with van der Waals surface area (Å²) in [5.74, 6) is 0.727. The Morgan fingerprint density at radius 1 is 1.06 bits per heavy atom. The molecule has 0 bridgehead atoms. The molecule has 166 valence electrons. The number of carbonyl (C=O) groups is 1. The van der Waals surface area contributed by atoms with Crippen LogP contribution in [0.1, 0.15) is 46.5 Å². The first-order chi connectivity index (χ1) is 15.4. The Hall–Kier alpha value is -2.98. The molecule has 2 aromatic rings. The van der Waals surface area contributed by atoms with Gasteiger partial charge in [0.1, 0.15) is 12.4 Å². The number of rotatable bonds is 8. The summed E-state index contributed by atoms with van der Waals surface area (Å²) in [5, 5.41) is 27.5. The third-order valence-corrected chi connectivity index (χ3v) is 6.57. The van der Waals surface area contributed by atoms with Gasteiger partial charge in [-0.2, -0.15) is 5.26 Å². The van der Waals surface area contributed by atoms with Crippen molar-refractivity contribution in [1.29, 1.82) is 5.26 Å². The maximum atomic E-state index is 13.4. The maximum absolute atomic E-state index is 13.4. The Morgan fingerprint density at radius 2 is 1.78 bits per heavy atom. The van der Waals surface area contributed by atoms with Crippen molar-refractivity contribution in [1.82, 2.24) is 4.90 Å². The van der Waals surface area contributed by atoms with Crippen molar-refractivity contribution < 1.29 is 19.7 Å². The number of carbonyl (C=O) groups excluding carboxylic acids is 1. The summed E-state index contributed by atoms with van der Waals surface area (Å²) in [6, 6.07) is 13.4. The molecule has 2 N–H and O–H groups in total. The van der Waals surface area contributed by atoms with Crippen LogP contribution in [0, 0.1) is 11.3 Å². The summed E-state index contributed by atoms with van der Waals surface area (Å²) in [7, 11) is 0. The molecule has 0 unspecified atom stereocenters. The number of nitrogens with zero attached hydrogens (tertiary/aromatic N) is 2. The molecule has 2 aliphatic rings. The van der Waals surface area contributed by atoms with Crippen LogP contribution in [-0.2, 0) is 11.8 Å². The molecule has 0 heterocycles. The first-order valence-electron chi connectivity index (χ1n) is 10.9. The van der Waals surface area contributed by atoms with E-state index in [9.17, 15) is 10.1 Å². The van der Waals surface area contributed by atoms with Crippen LogP contribution in [-0.4, -0.2) is 60.4 Å². The van der Waals surface area contributed by atoms with Crippen molar-refractivity contribution in [2.75, 3.05) is 39.5 Å². The molecule has 0 atom stereocenters. The fourth-order valence-electron chi connectivity index (χ4n) is 4.82. The molecule has 0 aromatic heterocycles. The molecular formula is C26H28N2O4. The van der Waals surface area contributed by atoms with Gasteiger partial charge in [0, 0.05) is 36.2 Å². The highest BCUT2D eigenvalue weighted by atomic mass is 16.5. The van der Waals surface area contributed by atoms with Crippen LogP contribution >= 0.6 is 0 Å². The molecule has 0 spiro atoms. The van der Waals surface area contributed by atoms with E-state index in [-0.39, 0.29) is 24.4 Å². The van der Waals surface area contributed by atoms with Crippen LogP contribution in [0.3, 0.4) is 0 Å². The minimum absolute atomic E-state index is 0.0291. The maximum Gasteiger partial charge on any atom is 0.193 e. The van der Waals surface area contributed by atoms with Gasteiger partial charge in [-0.1, -0.05) is 19.9 Å². The fourth-order valence-corrected chi connectivity index (χ4v) is 4.82. The number of hydrogen-bond acceptors (Lipinski definition) is 6. The highest BCUT2D eigenvalue weighted by Gasteiger charge is 2.42. The van der Waals surface area contributed by atoms with Gasteiger partial charge in [-0.25, -0.2) is 0 Å². The summed E-state index contributed by atoms with van der Waals surface area (Å²) < 4.78 is 5.96. The molecule has 2 aromatic carbocycles. The van der Waals surface area contributed by atoms with Gasteiger partial charge >= 0.3 is 0 Å². The lowest BCUT2D eigenvalue weighted by molar-refractivity contribution is 0.105. The van der Waals surface area contributed by atoms with Crippen molar-refractivity contribution in [3.05, 3.63) is 69.8 Å². The first-order valence-corrected chi connectivity index (χ1v) is 10.9. The number of ketones is 1. The Morgan fingerprint density at radius 3 is 2.47 bits per heavy atom. The zero-order valence-corrected chi connectivity index (χ0v) is 18.5. The van der Waals surface area contributed by atoms with Gasteiger partial charge in [0.05, 0.1) is 24.8 Å². The number of hydrogen-bond donors (Lipinski definition) is 2. The van der Waals surface area contributed by atoms with Crippen LogP contribution in [0.25, 0.3) is 5.57 Å². The van der Waals surface area contributed by atoms with Crippen LogP contribution in [0.2, 0.25) is 0 Å². The van der Waals surface area contributed by atoms with Crippen molar-refractivity contribution in [2.24, 2.45) is 0 Å². The number of benzene rings is 2. The SMILES string of the molecule is CC1(C)C2=C(C(=O)c3ccc(OCCN(CCO)CCO)cc31)c1ccc(C#N)cc1C2. The Balaban J connectivity index is 1.58. The zero-order chi connectivity index (χ0) is 22.9. The number of allylic oxidation sites excluding steroid dienone is 2. The van der Waals surface area contributed by atoms with E-state index in [4.69, 9.17) is 14.9 Å². The van der Waals surface area contributed by atoms with Gasteiger partial charge in [-0.15, -0.1) is 0 Å². The summed E-state index contributed by atoms with van der Waals surface area (Å²) in [4.78, 5) is 15.4. The number of nitriles is 1. The van der Waals surface area contributed by atoms with Crippen LogP contribution in [0.5, 0.6) is 5.75 Å². The van der Waals surface area contributed by atoms with Gasteiger partial charge in [-0.05, 0) is 59.0 Å². The van der Waals surface area contributed by atoms with E-state index >= 15 is 0 Å². The molecule has 0 radical (unpaired) electrons. The highest BCUT2D eigenvalue weighted by Crippen LogP contribution is 2.50. The van der Waals surface area contributed by atoms with Gasteiger partial charge in [0.25, 0.3) is 0 Å². The Bertz CT molecular complexity index is 1120. The lowest BCUT2D eigenvalue weighted by Crippen LogP contribution is -2.33. The van der Waals surface area contributed by atoms with Crippen molar-refractivity contribution in [2.45, 2.75) is 25.7 Å². The lowest BCUT2D eigenvalue weighted by Gasteiger charge is -2.34. The van der Waals surface area contributed by atoms with Gasteiger partial charge in [0.2, 0.25) is 0 Å². The molecule has 0 saturated heterocycles. The van der Waals surface area contributed by atoms with E-state index in [2.05, 4.69) is 19.9 Å². The first kappa shape index (κ1) is 22.2. The van der Waals surface area contributed by atoms with Crippen LogP contribution in [0.15, 0.2) is 42.0 Å². The van der Waals surface area contributed by atoms with E-state index < -0.39 is 0 Å². The van der Waals surface area contributed by atoms with Crippen LogP contribution < -0.4 is 4.74 Å². The summed E-state index contributed by atoms with van der Waals surface area (Å²) in [6.07, 6.45) is 0.667. The van der Waals surface area contributed by atoms with Gasteiger partial charge in [-0.3, -0.25) is 9.69 Å². The number of aliphatic hydroxyl groups is 2. The number of fused-ring (bicyclic) bond motifs is 3. The van der Waals surface area contributed by atoms with E-state index in [0.717, 1.165) is 27.8 Å². The predicted octanol–water partition coefficient (Wildman–Crippen LogP) is 2.71. The van der Waals surface area contributed by atoms with E-state index in [0.29, 0.717) is 49.5 Å². The topological polar surface area (TPSA) is 93.8 Å². The molecule has 6 nitrogen and oxygen atoms in total. The minimum Gasteiger partial charge on any atom is -0.492 e. The quantitative estimate of drug-likeness (QED) is 0.666. The minimum atomic E-state index is -0.344. The molecule has 0 aliphatic heterocycles.